The molecule has 1 aromatic heterocycles. The number of nitrogens with zero attached hydrogens (tertiary/aromatic N) is 1. The van der Waals surface area contributed by atoms with E-state index in [4.69, 9.17) is 16.4 Å². The Labute approximate surface area is 136 Å². The fraction of sp³-hybridized carbons (Fsp3) is 0.125. The summed E-state index contributed by atoms with van der Waals surface area (Å²) in [5.41, 5.74) is 2.04. The molecule has 0 unspecified atom stereocenters. The van der Waals surface area contributed by atoms with Crippen LogP contribution in [0.15, 0.2) is 47.3 Å². The molecular weight excluding hydrogens is 318 g/mol. The molecule has 0 fully saturated rings. The van der Waals surface area contributed by atoms with E-state index in [0.29, 0.717) is 15.9 Å². The third-order valence-electron chi connectivity index (χ3n) is 3.47. The molecule has 1 amide bonds. The number of hydrogen-bond acceptors (Lipinski definition) is 3. The molecule has 0 bridgehead atoms. The van der Waals surface area contributed by atoms with E-state index in [0.717, 1.165) is 16.0 Å². The van der Waals surface area contributed by atoms with E-state index in [1.54, 1.807) is 36.4 Å². The first-order valence-corrected chi connectivity index (χ1v) is 7.33. The van der Waals surface area contributed by atoms with Crippen LogP contribution in [0.2, 0.25) is 5.02 Å². The van der Waals surface area contributed by atoms with E-state index in [9.17, 15) is 9.59 Å². The minimum atomic E-state index is -0.738. The maximum Gasteiger partial charge on any atom is 0.433 e. The number of aromatic amines is 1. The fourth-order valence-electron chi connectivity index (χ4n) is 2.21. The number of halogens is 1. The molecule has 118 valence electrons. The van der Waals surface area contributed by atoms with Crippen molar-refractivity contribution in [2.45, 2.75) is 13.5 Å². The Morgan fingerprint density at radius 1 is 1.30 bits per heavy atom. The number of rotatable bonds is 3. The molecule has 0 aliphatic heterocycles. The number of benzene rings is 2. The number of H-pyrrole nitrogens is 1. The molecular formula is C16H14ClN3O3. The zero-order chi connectivity index (χ0) is 16.4. The SMILES string of the molecule is Cc1ccc(Cl)cc1CNC(=O)On1[nH]c2ccccc2c1=O. The van der Waals surface area contributed by atoms with Crippen molar-refractivity contribution in [1.82, 2.24) is 15.3 Å². The van der Waals surface area contributed by atoms with E-state index in [1.807, 2.05) is 13.0 Å². The van der Waals surface area contributed by atoms with Crippen LogP contribution in [0, 0.1) is 6.92 Å². The van der Waals surface area contributed by atoms with Gasteiger partial charge in [-0.25, -0.2) is 4.79 Å². The van der Waals surface area contributed by atoms with Crippen LogP contribution in [0.4, 0.5) is 4.79 Å². The normalized spacial score (nSPS) is 10.7. The van der Waals surface area contributed by atoms with Crippen LogP contribution in [0.3, 0.4) is 0 Å². The number of hydrogen-bond donors (Lipinski definition) is 2. The predicted molar refractivity (Wildman–Crippen MR) is 87.6 cm³/mol. The van der Waals surface area contributed by atoms with Crippen LogP contribution >= 0.6 is 11.6 Å². The maximum absolute atomic E-state index is 12.0. The molecule has 6 nitrogen and oxygen atoms in total. The van der Waals surface area contributed by atoms with Crippen molar-refractivity contribution in [1.29, 1.82) is 0 Å². The number of para-hydroxylation sites is 1. The summed E-state index contributed by atoms with van der Waals surface area (Å²) in [5.74, 6) is 0. The number of carbonyl (C=O) groups excluding carboxylic acids is 1. The van der Waals surface area contributed by atoms with Crippen molar-refractivity contribution < 1.29 is 9.63 Å². The van der Waals surface area contributed by atoms with Gasteiger partial charge in [-0.2, -0.15) is 0 Å². The van der Waals surface area contributed by atoms with Crippen LogP contribution in [0.5, 0.6) is 0 Å². The van der Waals surface area contributed by atoms with Crippen molar-refractivity contribution in [2.75, 3.05) is 0 Å². The number of carbonyl (C=O) groups is 1. The van der Waals surface area contributed by atoms with Gasteiger partial charge in [0, 0.05) is 11.6 Å². The second kappa shape index (κ2) is 6.18. The van der Waals surface area contributed by atoms with Gasteiger partial charge in [0.25, 0.3) is 0 Å². The molecule has 0 aliphatic carbocycles. The molecule has 0 aliphatic rings. The minimum Gasteiger partial charge on any atom is -0.316 e. The third-order valence-corrected chi connectivity index (χ3v) is 3.71. The summed E-state index contributed by atoms with van der Waals surface area (Å²) in [6.45, 7) is 2.17. The lowest BCUT2D eigenvalue weighted by Gasteiger charge is -2.08. The van der Waals surface area contributed by atoms with Gasteiger partial charge in [-0.05, 0) is 42.3 Å². The lowest BCUT2D eigenvalue weighted by molar-refractivity contribution is 0.112. The van der Waals surface area contributed by atoms with Gasteiger partial charge in [0.15, 0.2) is 0 Å². The van der Waals surface area contributed by atoms with Gasteiger partial charge in [-0.1, -0.05) is 34.6 Å². The lowest BCUT2D eigenvalue weighted by Crippen LogP contribution is -2.36. The molecule has 23 heavy (non-hydrogen) atoms. The standard InChI is InChI=1S/C16H14ClN3O3/c1-10-6-7-12(17)8-11(10)9-18-16(22)23-20-15(21)13-4-2-3-5-14(13)19-20/h2-8,19H,9H2,1H3,(H,18,22). The summed E-state index contributed by atoms with van der Waals surface area (Å²) in [4.78, 5) is 29.7. The molecule has 0 atom stereocenters. The Kier molecular flexibility index (Phi) is 4.08. The van der Waals surface area contributed by atoms with E-state index < -0.39 is 11.7 Å². The smallest absolute Gasteiger partial charge is 0.316 e. The fourth-order valence-corrected chi connectivity index (χ4v) is 2.41. The summed E-state index contributed by atoms with van der Waals surface area (Å²) in [6.07, 6.45) is -0.738. The van der Waals surface area contributed by atoms with E-state index in [-0.39, 0.29) is 6.54 Å². The molecule has 0 radical (unpaired) electrons. The predicted octanol–water partition coefficient (Wildman–Crippen LogP) is 2.63. The van der Waals surface area contributed by atoms with Crippen LogP contribution in [-0.4, -0.2) is 16.0 Å². The Morgan fingerprint density at radius 2 is 2.09 bits per heavy atom. The first-order chi connectivity index (χ1) is 11.0. The molecule has 3 aromatic rings. The molecule has 2 aromatic carbocycles. The summed E-state index contributed by atoms with van der Waals surface area (Å²) in [6, 6.07) is 12.3. The Hall–Kier alpha value is -2.73. The molecule has 3 rings (SSSR count). The molecule has 0 saturated heterocycles. The number of aromatic nitrogens is 2. The first kappa shape index (κ1) is 15.2. The molecule has 2 N–H and O–H groups in total. The second-order valence-corrected chi connectivity index (χ2v) is 5.50. The third kappa shape index (κ3) is 3.22. The minimum absolute atomic E-state index is 0.250. The molecule has 0 saturated carbocycles. The largest absolute Gasteiger partial charge is 0.433 e. The topological polar surface area (TPSA) is 76.1 Å². The lowest BCUT2D eigenvalue weighted by atomic mass is 10.1. The number of nitrogens with one attached hydrogen (secondary N) is 2. The zero-order valence-electron chi connectivity index (χ0n) is 12.3. The van der Waals surface area contributed by atoms with Gasteiger partial charge in [-0.15, -0.1) is 0 Å². The van der Waals surface area contributed by atoms with Crippen molar-refractivity contribution in [3.63, 3.8) is 0 Å². The highest BCUT2D eigenvalue weighted by Crippen LogP contribution is 2.15. The average Bonchev–Trinajstić information content (AvgIpc) is 2.85. The second-order valence-electron chi connectivity index (χ2n) is 5.06. The molecule has 1 heterocycles. The molecule has 0 spiro atoms. The summed E-state index contributed by atoms with van der Waals surface area (Å²) < 4.78 is 0. The quantitative estimate of drug-likeness (QED) is 0.774. The Morgan fingerprint density at radius 3 is 2.87 bits per heavy atom. The van der Waals surface area contributed by atoms with Gasteiger partial charge < -0.3 is 5.32 Å². The Bertz CT molecular complexity index is 930. The highest BCUT2D eigenvalue weighted by Gasteiger charge is 2.11. The van der Waals surface area contributed by atoms with Gasteiger partial charge in [-0.3, -0.25) is 14.7 Å². The van der Waals surface area contributed by atoms with Crippen molar-refractivity contribution in [2.24, 2.45) is 0 Å². The number of aryl methyl sites for hydroxylation is 1. The van der Waals surface area contributed by atoms with Crippen molar-refractivity contribution in [3.05, 3.63) is 69.0 Å². The van der Waals surface area contributed by atoms with E-state index in [2.05, 4.69) is 10.4 Å². The molecule has 7 heteroatoms. The van der Waals surface area contributed by atoms with Crippen LogP contribution < -0.4 is 15.7 Å². The van der Waals surface area contributed by atoms with Gasteiger partial charge in [0.1, 0.15) is 0 Å². The van der Waals surface area contributed by atoms with Crippen molar-refractivity contribution >= 4 is 28.6 Å². The van der Waals surface area contributed by atoms with E-state index in [1.165, 1.54) is 0 Å². The average molecular weight is 332 g/mol. The zero-order valence-corrected chi connectivity index (χ0v) is 13.1. The first-order valence-electron chi connectivity index (χ1n) is 6.95. The Balaban J connectivity index is 1.70. The van der Waals surface area contributed by atoms with Gasteiger partial charge in [0.05, 0.1) is 10.9 Å². The van der Waals surface area contributed by atoms with Gasteiger partial charge >= 0.3 is 11.7 Å². The van der Waals surface area contributed by atoms with Gasteiger partial charge in [0.2, 0.25) is 0 Å². The van der Waals surface area contributed by atoms with Crippen LogP contribution in [-0.2, 0) is 6.54 Å². The van der Waals surface area contributed by atoms with Crippen LogP contribution in [0.1, 0.15) is 11.1 Å². The monoisotopic (exact) mass is 331 g/mol. The summed E-state index contributed by atoms with van der Waals surface area (Å²) in [5, 5.41) is 6.34. The van der Waals surface area contributed by atoms with E-state index >= 15 is 0 Å². The highest BCUT2D eigenvalue weighted by atomic mass is 35.5. The van der Waals surface area contributed by atoms with Crippen LogP contribution in [0.25, 0.3) is 10.9 Å². The maximum atomic E-state index is 12.0. The number of amides is 1. The summed E-state index contributed by atoms with van der Waals surface area (Å²) in [7, 11) is 0. The van der Waals surface area contributed by atoms with Crippen molar-refractivity contribution in [3.8, 4) is 0 Å². The number of fused-ring (bicyclic) bond motifs is 1. The summed E-state index contributed by atoms with van der Waals surface area (Å²) >= 11 is 5.93. The highest BCUT2D eigenvalue weighted by molar-refractivity contribution is 6.30.